The Bertz CT molecular complexity index is 691. The Labute approximate surface area is 155 Å². The minimum absolute atomic E-state index is 0.237. The third-order valence-corrected chi connectivity index (χ3v) is 4.76. The quantitative estimate of drug-likeness (QED) is 0.590. The lowest BCUT2D eigenvalue weighted by Gasteiger charge is -2.26. The zero-order valence-corrected chi connectivity index (χ0v) is 15.7. The van der Waals surface area contributed by atoms with E-state index in [2.05, 4.69) is 31.6 Å². The summed E-state index contributed by atoms with van der Waals surface area (Å²) < 4.78 is 5.91. The molecule has 0 aromatic carbocycles. The molecule has 3 rings (SSSR count). The zero-order valence-electron chi connectivity index (χ0n) is 15.7. The molecule has 140 valence electrons. The highest BCUT2D eigenvalue weighted by atomic mass is 16.3. The number of guanidine groups is 1. The molecule has 1 aliphatic heterocycles. The van der Waals surface area contributed by atoms with Crippen molar-refractivity contribution in [2.24, 2.45) is 4.99 Å². The number of aryl methyl sites for hydroxylation is 1. The van der Waals surface area contributed by atoms with E-state index in [-0.39, 0.29) is 6.04 Å². The predicted molar refractivity (Wildman–Crippen MR) is 104 cm³/mol. The Morgan fingerprint density at radius 3 is 2.73 bits per heavy atom. The summed E-state index contributed by atoms with van der Waals surface area (Å²) in [5, 5.41) is 6.83. The predicted octanol–water partition coefficient (Wildman–Crippen LogP) is 2.53. The molecule has 0 amide bonds. The van der Waals surface area contributed by atoms with Crippen LogP contribution in [0.15, 0.2) is 45.9 Å². The standard InChI is InChI=1S/C20H29N5O/c1-16-8-9-19(26-16)18(25-13-5-6-14-25)15-24-20(21-2)23-12-10-17-7-3-4-11-22-17/h3-4,7-9,11,18H,5-6,10,12-15H2,1-2H3,(H2,21,23,24). The number of pyridine rings is 1. The topological polar surface area (TPSA) is 65.7 Å². The summed E-state index contributed by atoms with van der Waals surface area (Å²) in [5.41, 5.74) is 1.08. The van der Waals surface area contributed by atoms with Gasteiger partial charge >= 0.3 is 0 Å². The lowest BCUT2D eigenvalue weighted by atomic mass is 10.2. The van der Waals surface area contributed by atoms with Gasteiger partial charge in [-0.25, -0.2) is 0 Å². The van der Waals surface area contributed by atoms with Crippen LogP contribution in [0, 0.1) is 6.92 Å². The van der Waals surface area contributed by atoms with Crippen molar-refractivity contribution in [2.45, 2.75) is 32.2 Å². The minimum Gasteiger partial charge on any atom is -0.465 e. The first kappa shape index (κ1) is 18.5. The summed E-state index contributed by atoms with van der Waals surface area (Å²) in [6, 6.07) is 10.4. The number of rotatable bonds is 7. The monoisotopic (exact) mass is 355 g/mol. The molecule has 0 saturated carbocycles. The maximum Gasteiger partial charge on any atom is 0.191 e. The van der Waals surface area contributed by atoms with Gasteiger partial charge in [0.2, 0.25) is 0 Å². The summed E-state index contributed by atoms with van der Waals surface area (Å²) >= 11 is 0. The summed E-state index contributed by atoms with van der Waals surface area (Å²) in [6.45, 7) is 5.81. The highest BCUT2D eigenvalue weighted by molar-refractivity contribution is 5.79. The molecular weight excluding hydrogens is 326 g/mol. The minimum atomic E-state index is 0.237. The van der Waals surface area contributed by atoms with Crippen LogP contribution in [0.3, 0.4) is 0 Å². The molecule has 2 aromatic rings. The van der Waals surface area contributed by atoms with E-state index in [1.807, 2.05) is 37.4 Å². The van der Waals surface area contributed by atoms with Crippen LogP contribution < -0.4 is 10.6 Å². The van der Waals surface area contributed by atoms with E-state index < -0.39 is 0 Å². The first-order valence-electron chi connectivity index (χ1n) is 9.41. The van der Waals surface area contributed by atoms with Gasteiger partial charge in [0, 0.05) is 38.4 Å². The molecule has 6 heteroatoms. The smallest absolute Gasteiger partial charge is 0.191 e. The number of nitrogens with zero attached hydrogens (tertiary/aromatic N) is 3. The molecule has 3 heterocycles. The van der Waals surface area contributed by atoms with E-state index in [1.165, 1.54) is 12.8 Å². The number of aliphatic imine (C=N–C) groups is 1. The van der Waals surface area contributed by atoms with Crippen molar-refractivity contribution in [3.63, 3.8) is 0 Å². The van der Waals surface area contributed by atoms with Crippen LogP contribution in [-0.2, 0) is 6.42 Å². The van der Waals surface area contributed by atoms with Gasteiger partial charge in [0.05, 0.1) is 6.04 Å². The first-order chi connectivity index (χ1) is 12.8. The first-order valence-corrected chi connectivity index (χ1v) is 9.41. The number of furan rings is 1. The van der Waals surface area contributed by atoms with Crippen molar-refractivity contribution in [3.8, 4) is 0 Å². The molecule has 2 N–H and O–H groups in total. The van der Waals surface area contributed by atoms with Crippen LogP contribution in [0.25, 0.3) is 0 Å². The van der Waals surface area contributed by atoms with Gasteiger partial charge in [0.1, 0.15) is 11.5 Å². The van der Waals surface area contributed by atoms with Gasteiger partial charge in [-0.2, -0.15) is 0 Å². The molecule has 1 saturated heterocycles. The average Bonchev–Trinajstić information content (AvgIpc) is 3.34. The van der Waals surface area contributed by atoms with E-state index in [4.69, 9.17) is 4.42 Å². The number of hydrogen-bond donors (Lipinski definition) is 2. The fraction of sp³-hybridized carbons (Fsp3) is 0.500. The van der Waals surface area contributed by atoms with E-state index in [0.29, 0.717) is 0 Å². The second-order valence-corrected chi connectivity index (χ2v) is 6.66. The molecule has 2 aromatic heterocycles. The largest absolute Gasteiger partial charge is 0.465 e. The van der Waals surface area contributed by atoms with Crippen LogP contribution in [0.1, 0.15) is 36.1 Å². The Kier molecular flexibility index (Phi) is 6.66. The molecule has 0 spiro atoms. The maximum absolute atomic E-state index is 5.91. The lowest BCUT2D eigenvalue weighted by molar-refractivity contribution is 0.213. The Hall–Kier alpha value is -2.34. The van der Waals surface area contributed by atoms with Gasteiger partial charge < -0.3 is 15.1 Å². The molecule has 26 heavy (non-hydrogen) atoms. The van der Waals surface area contributed by atoms with Gasteiger partial charge in [-0.1, -0.05) is 6.07 Å². The van der Waals surface area contributed by atoms with E-state index >= 15 is 0 Å². The molecule has 0 bridgehead atoms. The molecule has 0 radical (unpaired) electrons. The highest BCUT2D eigenvalue weighted by Gasteiger charge is 2.26. The van der Waals surface area contributed by atoms with Crippen LogP contribution in [0.5, 0.6) is 0 Å². The fourth-order valence-electron chi connectivity index (χ4n) is 3.36. The van der Waals surface area contributed by atoms with Crippen LogP contribution in [0.4, 0.5) is 0 Å². The van der Waals surface area contributed by atoms with Crippen molar-refractivity contribution in [1.29, 1.82) is 0 Å². The zero-order chi connectivity index (χ0) is 18.2. The van der Waals surface area contributed by atoms with Crippen molar-refractivity contribution in [3.05, 3.63) is 53.7 Å². The molecule has 0 aliphatic carbocycles. The third-order valence-electron chi connectivity index (χ3n) is 4.76. The molecule has 6 nitrogen and oxygen atoms in total. The molecule has 1 aliphatic rings. The van der Waals surface area contributed by atoms with Crippen molar-refractivity contribution >= 4 is 5.96 Å². The number of hydrogen-bond acceptors (Lipinski definition) is 4. The van der Waals surface area contributed by atoms with Gasteiger partial charge in [-0.05, 0) is 57.1 Å². The molecule has 1 unspecified atom stereocenters. The summed E-state index contributed by atoms with van der Waals surface area (Å²) in [5.74, 6) is 2.80. The van der Waals surface area contributed by atoms with E-state index in [9.17, 15) is 0 Å². The second-order valence-electron chi connectivity index (χ2n) is 6.66. The van der Waals surface area contributed by atoms with Crippen LogP contribution in [-0.4, -0.2) is 49.1 Å². The van der Waals surface area contributed by atoms with Crippen LogP contribution >= 0.6 is 0 Å². The third kappa shape index (κ3) is 5.08. The molecule has 1 atom stereocenters. The van der Waals surface area contributed by atoms with Gasteiger partial charge in [-0.15, -0.1) is 0 Å². The summed E-state index contributed by atoms with van der Waals surface area (Å²) in [6.07, 6.45) is 5.21. The van der Waals surface area contributed by atoms with Crippen molar-refractivity contribution < 1.29 is 4.42 Å². The van der Waals surface area contributed by atoms with E-state index in [1.54, 1.807) is 7.05 Å². The Balaban J connectivity index is 1.53. The van der Waals surface area contributed by atoms with Gasteiger partial charge in [-0.3, -0.25) is 14.9 Å². The SMILES string of the molecule is CN=C(NCCc1ccccn1)NCC(c1ccc(C)o1)N1CCCC1. The normalized spacial score (nSPS) is 16.6. The van der Waals surface area contributed by atoms with Gasteiger partial charge in [0.25, 0.3) is 0 Å². The number of aromatic nitrogens is 1. The Morgan fingerprint density at radius 2 is 2.08 bits per heavy atom. The van der Waals surface area contributed by atoms with E-state index in [0.717, 1.165) is 55.8 Å². The van der Waals surface area contributed by atoms with Crippen LogP contribution in [0.2, 0.25) is 0 Å². The fourth-order valence-corrected chi connectivity index (χ4v) is 3.36. The Morgan fingerprint density at radius 1 is 1.23 bits per heavy atom. The van der Waals surface area contributed by atoms with Crippen molar-refractivity contribution in [2.75, 3.05) is 33.2 Å². The lowest BCUT2D eigenvalue weighted by Crippen LogP contribution is -2.43. The maximum atomic E-state index is 5.91. The van der Waals surface area contributed by atoms with Gasteiger partial charge in [0.15, 0.2) is 5.96 Å². The summed E-state index contributed by atoms with van der Waals surface area (Å²) in [7, 11) is 1.80. The number of likely N-dealkylation sites (tertiary alicyclic amines) is 1. The molecule has 1 fully saturated rings. The average molecular weight is 355 g/mol. The highest BCUT2D eigenvalue weighted by Crippen LogP contribution is 2.26. The number of nitrogens with one attached hydrogen (secondary N) is 2. The molecular formula is C20H29N5O. The second kappa shape index (κ2) is 9.38. The van der Waals surface area contributed by atoms with Crippen molar-refractivity contribution in [1.82, 2.24) is 20.5 Å². The summed E-state index contributed by atoms with van der Waals surface area (Å²) in [4.78, 5) is 11.2.